The number of carboxylic acid groups (broad SMARTS) is 1. The molecule has 2 atom stereocenters. The van der Waals surface area contributed by atoms with Gasteiger partial charge in [0.05, 0.1) is 0 Å². The summed E-state index contributed by atoms with van der Waals surface area (Å²) in [5.41, 5.74) is 10.8. The zero-order valence-electron chi connectivity index (χ0n) is 8.43. The molecule has 0 radical (unpaired) electrons. The fourth-order valence-corrected chi connectivity index (χ4v) is 1.12. The molecule has 0 rings (SSSR count). The van der Waals surface area contributed by atoms with E-state index in [1.165, 1.54) is 11.8 Å². The molecule has 0 saturated heterocycles. The van der Waals surface area contributed by atoms with E-state index in [1.807, 2.05) is 13.2 Å². The molecule has 6 heteroatoms. The Labute approximate surface area is 87.9 Å². The molecule has 0 aromatic rings. The van der Waals surface area contributed by atoms with E-state index in [1.54, 1.807) is 0 Å². The van der Waals surface area contributed by atoms with Gasteiger partial charge in [-0.1, -0.05) is 18.7 Å². The first kappa shape index (κ1) is 13.2. The van der Waals surface area contributed by atoms with Crippen molar-refractivity contribution in [3.05, 3.63) is 0 Å². The number of aliphatic carboxylic acids is 1. The van der Waals surface area contributed by atoms with Crippen LogP contribution < -0.4 is 11.5 Å². The summed E-state index contributed by atoms with van der Waals surface area (Å²) < 4.78 is 0. The molecule has 0 bridgehead atoms. The van der Waals surface area contributed by atoms with Crippen LogP contribution in [-0.2, 0) is 4.79 Å². The molecule has 5 N–H and O–H groups in total. The Morgan fingerprint density at radius 2 is 2.21 bits per heavy atom. The number of hydrogen-bond donors (Lipinski definition) is 3. The minimum Gasteiger partial charge on any atom is -0.480 e. The van der Waals surface area contributed by atoms with Gasteiger partial charge in [0.2, 0.25) is 0 Å². The van der Waals surface area contributed by atoms with Gasteiger partial charge < -0.3 is 16.6 Å². The number of hydrogen-bond acceptors (Lipinski definition) is 4. The Bertz CT molecular complexity index is 221. The van der Waals surface area contributed by atoms with E-state index in [0.717, 1.165) is 0 Å². The van der Waals surface area contributed by atoms with E-state index in [2.05, 4.69) is 4.99 Å². The monoisotopic (exact) mass is 219 g/mol. The average molecular weight is 219 g/mol. The van der Waals surface area contributed by atoms with Gasteiger partial charge in [-0.05, 0) is 18.6 Å². The van der Waals surface area contributed by atoms with E-state index >= 15 is 0 Å². The zero-order chi connectivity index (χ0) is 11.1. The highest BCUT2D eigenvalue weighted by molar-refractivity contribution is 8.13. The summed E-state index contributed by atoms with van der Waals surface area (Å²) in [6.45, 7) is 2.42. The van der Waals surface area contributed by atoms with Crippen LogP contribution in [0.1, 0.15) is 13.3 Å². The van der Waals surface area contributed by atoms with Crippen molar-refractivity contribution in [3.8, 4) is 0 Å². The number of thioether (sulfide) groups is 1. The predicted molar refractivity (Wildman–Crippen MR) is 59.4 cm³/mol. The number of aliphatic imine (C=N–C) groups is 1. The summed E-state index contributed by atoms with van der Waals surface area (Å²) >= 11 is 1.37. The molecule has 0 aromatic heterocycles. The first-order valence-corrected chi connectivity index (χ1v) is 5.52. The van der Waals surface area contributed by atoms with Crippen molar-refractivity contribution in [2.24, 2.45) is 22.4 Å². The normalized spacial score (nSPS) is 16.4. The van der Waals surface area contributed by atoms with Crippen molar-refractivity contribution in [2.45, 2.75) is 19.4 Å². The van der Waals surface area contributed by atoms with Crippen LogP contribution in [0.25, 0.3) is 0 Å². The smallest absolute Gasteiger partial charge is 0.320 e. The number of carboxylic acids is 1. The van der Waals surface area contributed by atoms with Gasteiger partial charge >= 0.3 is 5.97 Å². The lowest BCUT2D eigenvalue weighted by Crippen LogP contribution is -2.32. The molecule has 0 aromatic carbocycles. The minimum atomic E-state index is -0.973. The first-order valence-electron chi connectivity index (χ1n) is 4.29. The number of rotatable bonds is 5. The number of amidine groups is 1. The van der Waals surface area contributed by atoms with E-state index in [-0.39, 0.29) is 5.92 Å². The molecule has 14 heavy (non-hydrogen) atoms. The third-order valence-corrected chi connectivity index (χ3v) is 2.29. The molecule has 0 aliphatic rings. The van der Waals surface area contributed by atoms with Gasteiger partial charge in [0.1, 0.15) is 6.04 Å². The minimum absolute atomic E-state index is 0.131. The molecule has 5 nitrogen and oxygen atoms in total. The lowest BCUT2D eigenvalue weighted by Gasteiger charge is -2.11. The van der Waals surface area contributed by atoms with E-state index in [4.69, 9.17) is 16.6 Å². The topological polar surface area (TPSA) is 102 Å². The average Bonchev–Trinajstić information content (AvgIpc) is 2.13. The van der Waals surface area contributed by atoms with Gasteiger partial charge in [-0.3, -0.25) is 9.79 Å². The van der Waals surface area contributed by atoms with Crippen molar-refractivity contribution in [2.75, 3.05) is 12.8 Å². The van der Waals surface area contributed by atoms with Crippen molar-refractivity contribution in [1.82, 2.24) is 0 Å². The van der Waals surface area contributed by atoms with E-state index < -0.39 is 12.0 Å². The van der Waals surface area contributed by atoms with Gasteiger partial charge in [0.25, 0.3) is 0 Å². The van der Waals surface area contributed by atoms with Crippen LogP contribution in [0.2, 0.25) is 0 Å². The maximum absolute atomic E-state index is 10.4. The quantitative estimate of drug-likeness (QED) is 0.449. The summed E-state index contributed by atoms with van der Waals surface area (Å²) in [7, 11) is 0. The summed E-state index contributed by atoms with van der Waals surface area (Å²) in [6.07, 6.45) is 2.26. The second-order valence-corrected chi connectivity index (χ2v) is 4.00. The fourth-order valence-electron chi connectivity index (χ4n) is 0.919. The van der Waals surface area contributed by atoms with Gasteiger partial charge in [-0.25, -0.2) is 0 Å². The summed E-state index contributed by atoms with van der Waals surface area (Å²) in [6, 6.07) is -0.810. The number of nitrogens with two attached hydrogens (primary N) is 2. The van der Waals surface area contributed by atoms with E-state index in [9.17, 15) is 4.79 Å². The molecule has 0 fully saturated rings. The first-order chi connectivity index (χ1) is 6.47. The lowest BCUT2D eigenvalue weighted by atomic mass is 10.0. The standard InChI is InChI=1S/C8H17N3O2S/c1-5(3-6(9)7(12)13)4-11-8(10)14-2/h5-6H,3-4,9H2,1-2H3,(H2,10,11)(H,12,13)/t5?,6-/m0/s1. The lowest BCUT2D eigenvalue weighted by molar-refractivity contribution is -0.138. The van der Waals surface area contributed by atoms with Crippen molar-refractivity contribution >= 4 is 22.9 Å². The summed E-state index contributed by atoms with van der Waals surface area (Å²) in [4.78, 5) is 14.5. The highest BCUT2D eigenvalue weighted by Crippen LogP contribution is 2.06. The van der Waals surface area contributed by atoms with E-state index in [0.29, 0.717) is 18.1 Å². The SMILES string of the molecule is CSC(N)=NCC(C)C[C@H](N)C(=O)O. The molecule has 0 aliphatic heterocycles. The van der Waals surface area contributed by atoms with Gasteiger partial charge in [-0.2, -0.15) is 0 Å². The Hall–Kier alpha value is -0.750. The van der Waals surface area contributed by atoms with Crippen LogP contribution in [0, 0.1) is 5.92 Å². The Morgan fingerprint density at radius 3 is 2.64 bits per heavy atom. The molecule has 0 saturated carbocycles. The summed E-state index contributed by atoms with van der Waals surface area (Å²) in [5.74, 6) is -0.842. The fraction of sp³-hybridized carbons (Fsp3) is 0.750. The van der Waals surface area contributed by atoms with Crippen LogP contribution in [-0.4, -0.2) is 35.1 Å². The van der Waals surface area contributed by atoms with Crippen molar-refractivity contribution < 1.29 is 9.90 Å². The third-order valence-electron chi connectivity index (χ3n) is 1.74. The third kappa shape index (κ3) is 5.82. The highest BCUT2D eigenvalue weighted by Gasteiger charge is 2.15. The molecule has 0 amide bonds. The van der Waals surface area contributed by atoms with Crippen LogP contribution in [0.5, 0.6) is 0 Å². The second kappa shape index (κ2) is 6.67. The number of nitrogens with zero attached hydrogens (tertiary/aromatic N) is 1. The van der Waals surface area contributed by atoms with Gasteiger partial charge in [0, 0.05) is 6.54 Å². The van der Waals surface area contributed by atoms with Crippen molar-refractivity contribution in [3.63, 3.8) is 0 Å². The molecule has 0 spiro atoms. The summed E-state index contributed by atoms with van der Waals surface area (Å²) in [5, 5.41) is 9.08. The maximum Gasteiger partial charge on any atom is 0.320 e. The Morgan fingerprint density at radius 1 is 1.64 bits per heavy atom. The zero-order valence-corrected chi connectivity index (χ0v) is 9.25. The van der Waals surface area contributed by atoms with Crippen LogP contribution in [0.15, 0.2) is 4.99 Å². The number of carbonyl (C=O) groups is 1. The van der Waals surface area contributed by atoms with Crippen LogP contribution in [0.4, 0.5) is 0 Å². The molecule has 1 unspecified atom stereocenters. The van der Waals surface area contributed by atoms with Crippen LogP contribution in [0.3, 0.4) is 0 Å². The Kier molecular flexibility index (Phi) is 6.31. The van der Waals surface area contributed by atoms with Crippen molar-refractivity contribution in [1.29, 1.82) is 0 Å². The van der Waals surface area contributed by atoms with Gasteiger partial charge in [-0.15, -0.1) is 0 Å². The maximum atomic E-state index is 10.4. The van der Waals surface area contributed by atoms with Gasteiger partial charge in [0.15, 0.2) is 5.17 Å². The molecular weight excluding hydrogens is 202 g/mol. The van der Waals surface area contributed by atoms with Crippen LogP contribution >= 0.6 is 11.8 Å². The largest absolute Gasteiger partial charge is 0.480 e. The second-order valence-electron chi connectivity index (χ2n) is 3.17. The molecule has 82 valence electrons. The Balaban J connectivity index is 3.86. The predicted octanol–water partition coefficient (Wildman–Crippen LogP) is 0.102. The molecular formula is C8H17N3O2S. The highest BCUT2D eigenvalue weighted by atomic mass is 32.2. The molecule has 0 heterocycles. The molecule has 0 aliphatic carbocycles.